The molecule has 0 N–H and O–H groups in total. The second-order valence-electron chi connectivity index (χ2n) is 5.36. The Morgan fingerprint density at radius 2 is 1.26 bits per heavy atom. The van der Waals surface area contributed by atoms with Gasteiger partial charge in [0.05, 0.1) is 16.3 Å². The van der Waals surface area contributed by atoms with Gasteiger partial charge in [-0.15, -0.1) is 0 Å². The quantitative estimate of drug-likeness (QED) is 0.319. The van der Waals surface area contributed by atoms with Crippen LogP contribution in [0.2, 0.25) is 6.04 Å². The first-order valence-corrected chi connectivity index (χ1v) is 9.43. The van der Waals surface area contributed by atoms with E-state index in [4.69, 9.17) is 0 Å². The van der Waals surface area contributed by atoms with E-state index in [1.54, 1.807) is 0 Å². The van der Waals surface area contributed by atoms with Gasteiger partial charge in [-0.1, -0.05) is 77.1 Å². The highest BCUT2D eigenvalue weighted by Crippen LogP contribution is 2.09. The van der Waals surface area contributed by atoms with E-state index in [1.165, 1.54) is 10.4 Å². The highest BCUT2D eigenvalue weighted by Gasteiger charge is 2.31. The van der Waals surface area contributed by atoms with Gasteiger partial charge in [0.25, 0.3) is 0 Å². The SMILES string of the molecule is O=[N+]([O-])C(CCC[SiH](c1ccccc1)c1ccccc1)[N+](=O)[O-]. The summed E-state index contributed by atoms with van der Waals surface area (Å²) < 4.78 is 0. The predicted octanol–water partition coefficient (Wildman–Crippen LogP) is 1.69. The maximum atomic E-state index is 10.7. The number of benzene rings is 2. The van der Waals surface area contributed by atoms with Crippen molar-refractivity contribution in [2.45, 2.75) is 25.1 Å². The maximum Gasteiger partial charge on any atom is 0.450 e. The smallest absolute Gasteiger partial charge is 0.259 e. The van der Waals surface area contributed by atoms with Gasteiger partial charge in [-0.25, -0.2) is 0 Å². The summed E-state index contributed by atoms with van der Waals surface area (Å²) in [5.74, 6) is 0. The Kier molecular flexibility index (Phi) is 5.99. The fraction of sp³-hybridized carbons (Fsp3) is 0.250. The summed E-state index contributed by atoms with van der Waals surface area (Å²) in [4.78, 5) is 19.9. The minimum atomic E-state index is -1.70. The van der Waals surface area contributed by atoms with E-state index in [-0.39, 0.29) is 6.42 Å². The monoisotopic (exact) mass is 330 g/mol. The molecule has 0 aliphatic carbocycles. The van der Waals surface area contributed by atoms with Crippen LogP contribution in [0.25, 0.3) is 0 Å². The summed E-state index contributed by atoms with van der Waals surface area (Å²) in [6, 6.07) is 20.9. The number of hydrogen-bond acceptors (Lipinski definition) is 4. The molecule has 0 aliphatic rings. The summed E-state index contributed by atoms with van der Waals surface area (Å²) in [7, 11) is -1.52. The maximum absolute atomic E-state index is 10.7. The zero-order valence-electron chi connectivity index (χ0n) is 12.6. The highest BCUT2D eigenvalue weighted by atomic mass is 28.3. The lowest BCUT2D eigenvalue weighted by Gasteiger charge is -2.16. The first-order chi connectivity index (χ1) is 11.1. The average Bonchev–Trinajstić information content (AvgIpc) is 2.56. The molecule has 7 heteroatoms. The van der Waals surface area contributed by atoms with Crippen LogP contribution in [-0.2, 0) is 0 Å². The summed E-state index contributed by atoms with van der Waals surface area (Å²) in [6.45, 7) is 0. The van der Waals surface area contributed by atoms with Gasteiger partial charge in [0, 0.05) is 0 Å². The highest BCUT2D eigenvalue weighted by molar-refractivity contribution is 6.85. The lowest BCUT2D eigenvalue weighted by Crippen LogP contribution is -2.42. The van der Waals surface area contributed by atoms with Crippen molar-refractivity contribution in [1.29, 1.82) is 0 Å². The van der Waals surface area contributed by atoms with E-state index in [2.05, 4.69) is 24.3 Å². The van der Waals surface area contributed by atoms with Crippen LogP contribution in [0.5, 0.6) is 0 Å². The lowest BCUT2D eigenvalue weighted by atomic mass is 10.3. The fourth-order valence-corrected chi connectivity index (χ4v) is 5.76. The van der Waals surface area contributed by atoms with Crippen LogP contribution in [0.15, 0.2) is 60.7 Å². The number of nitro groups is 2. The molecule has 0 aromatic heterocycles. The third-order valence-electron chi connectivity index (χ3n) is 3.85. The molecule has 6 nitrogen and oxygen atoms in total. The van der Waals surface area contributed by atoms with Crippen molar-refractivity contribution in [2.75, 3.05) is 0 Å². The zero-order chi connectivity index (χ0) is 16.7. The summed E-state index contributed by atoms with van der Waals surface area (Å²) in [6.07, 6.45) is -1.24. The first kappa shape index (κ1) is 16.8. The van der Waals surface area contributed by atoms with Crippen LogP contribution >= 0.6 is 0 Å². The van der Waals surface area contributed by atoms with E-state index in [0.717, 1.165) is 6.04 Å². The zero-order valence-corrected chi connectivity index (χ0v) is 13.7. The Morgan fingerprint density at radius 3 is 1.65 bits per heavy atom. The van der Waals surface area contributed by atoms with E-state index in [0.29, 0.717) is 6.42 Å². The molecule has 2 aromatic rings. The summed E-state index contributed by atoms with van der Waals surface area (Å²) in [5, 5.41) is 24.0. The van der Waals surface area contributed by atoms with Gasteiger partial charge in [-0.2, -0.15) is 0 Å². The minimum absolute atomic E-state index is 0.0246. The predicted molar refractivity (Wildman–Crippen MR) is 91.1 cm³/mol. The molecule has 0 aliphatic heterocycles. The molecule has 2 aromatic carbocycles. The molecule has 0 saturated carbocycles. The number of nitrogens with zero attached hydrogens (tertiary/aromatic N) is 2. The van der Waals surface area contributed by atoms with E-state index >= 15 is 0 Å². The molecule has 0 heterocycles. The van der Waals surface area contributed by atoms with Crippen molar-refractivity contribution in [2.24, 2.45) is 0 Å². The van der Waals surface area contributed by atoms with Gasteiger partial charge < -0.3 is 0 Å². The molecule has 0 saturated heterocycles. The van der Waals surface area contributed by atoms with E-state index in [9.17, 15) is 20.2 Å². The Morgan fingerprint density at radius 1 is 0.826 bits per heavy atom. The first-order valence-electron chi connectivity index (χ1n) is 7.46. The van der Waals surface area contributed by atoms with Gasteiger partial charge in [0.15, 0.2) is 0 Å². The molecule has 0 spiro atoms. The molecular formula is C16H18N2O4Si. The Labute approximate surface area is 135 Å². The summed E-state index contributed by atoms with van der Waals surface area (Å²) >= 11 is 0. The second-order valence-corrected chi connectivity index (χ2v) is 8.37. The summed E-state index contributed by atoms with van der Waals surface area (Å²) in [5.41, 5.74) is 0. The Hall–Kier alpha value is -2.54. The van der Waals surface area contributed by atoms with Crippen molar-refractivity contribution >= 4 is 19.2 Å². The molecular weight excluding hydrogens is 312 g/mol. The standard InChI is InChI=1S/C16H18N2O4Si/c19-17(20)16(18(21)22)12-7-13-23(14-8-3-1-4-9-14)15-10-5-2-6-11-15/h1-6,8-11,16,23H,7,12-13H2. The van der Waals surface area contributed by atoms with Gasteiger partial charge in [0.1, 0.15) is 8.80 Å². The lowest BCUT2D eigenvalue weighted by molar-refractivity contribution is -0.743. The molecule has 0 fully saturated rings. The van der Waals surface area contributed by atoms with Gasteiger partial charge in [-0.3, -0.25) is 20.2 Å². The third-order valence-corrected chi connectivity index (χ3v) is 7.21. The topological polar surface area (TPSA) is 86.3 Å². The average molecular weight is 330 g/mol. The Bertz CT molecular complexity index is 598. The molecule has 0 unspecified atom stereocenters. The van der Waals surface area contributed by atoms with Crippen molar-refractivity contribution in [3.05, 3.63) is 80.9 Å². The Balaban J connectivity index is 2.10. The van der Waals surface area contributed by atoms with E-state index in [1.807, 2.05) is 36.4 Å². The van der Waals surface area contributed by atoms with Crippen LogP contribution in [-0.4, -0.2) is 24.8 Å². The van der Waals surface area contributed by atoms with Crippen LogP contribution in [0.1, 0.15) is 12.8 Å². The van der Waals surface area contributed by atoms with Crippen LogP contribution in [0, 0.1) is 20.2 Å². The minimum Gasteiger partial charge on any atom is -0.259 e. The van der Waals surface area contributed by atoms with Crippen molar-refractivity contribution in [1.82, 2.24) is 0 Å². The van der Waals surface area contributed by atoms with Gasteiger partial charge in [-0.05, 0) is 6.42 Å². The molecule has 0 atom stereocenters. The molecule has 23 heavy (non-hydrogen) atoms. The van der Waals surface area contributed by atoms with Crippen LogP contribution in [0.4, 0.5) is 0 Å². The van der Waals surface area contributed by atoms with Crippen LogP contribution in [0.3, 0.4) is 0 Å². The van der Waals surface area contributed by atoms with Crippen molar-refractivity contribution in [3.63, 3.8) is 0 Å². The molecule has 120 valence electrons. The molecule has 0 radical (unpaired) electrons. The largest absolute Gasteiger partial charge is 0.450 e. The van der Waals surface area contributed by atoms with E-state index < -0.39 is 24.8 Å². The number of rotatable bonds is 8. The molecule has 0 bridgehead atoms. The normalized spacial score (nSPS) is 10.9. The molecule has 0 amide bonds. The van der Waals surface area contributed by atoms with Crippen LogP contribution < -0.4 is 10.4 Å². The van der Waals surface area contributed by atoms with Crippen molar-refractivity contribution < 1.29 is 9.85 Å². The van der Waals surface area contributed by atoms with Gasteiger partial charge in [0.2, 0.25) is 0 Å². The van der Waals surface area contributed by atoms with Gasteiger partial charge >= 0.3 is 6.17 Å². The van der Waals surface area contributed by atoms with Crippen molar-refractivity contribution in [3.8, 4) is 0 Å². The number of hydrogen-bond donors (Lipinski definition) is 0. The molecule has 2 rings (SSSR count). The fourth-order valence-electron chi connectivity index (χ4n) is 2.69. The second kappa shape index (κ2) is 8.18. The third kappa shape index (κ3) is 4.72.